The molecule has 0 saturated carbocycles. The molecule has 2 aromatic carbocycles. The zero-order valence-electron chi connectivity index (χ0n) is 16.2. The van der Waals surface area contributed by atoms with Gasteiger partial charge in [-0.25, -0.2) is 0 Å². The smallest absolute Gasteiger partial charge is 0.193 e. The van der Waals surface area contributed by atoms with Crippen LogP contribution in [0.25, 0.3) is 0 Å². The summed E-state index contributed by atoms with van der Waals surface area (Å²) < 4.78 is 0. The molecule has 0 aliphatic rings. The maximum Gasteiger partial charge on any atom is 0.193 e. The second-order valence-corrected chi connectivity index (χ2v) is 7.89. The summed E-state index contributed by atoms with van der Waals surface area (Å²) in [5.74, 6) is 1.33. The molecule has 26 heavy (non-hydrogen) atoms. The molecule has 0 aliphatic carbocycles. The fourth-order valence-corrected chi connectivity index (χ4v) is 3.96. The summed E-state index contributed by atoms with van der Waals surface area (Å²) in [6.45, 7) is 8.27. The molecule has 0 amide bonds. The molecule has 3 heteroatoms. The van der Waals surface area contributed by atoms with Crippen LogP contribution in [0.15, 0.2) is 24.3 Å². The lowest BCUT2D eigenvalue weighted by molar-refractivity contribution is 0.103. The van der Waals surface area contributed by atoms with Crippen LogP contribution < -0.4 is 0 Å². The summed E-state index contributed by atoms with van der Waals surface area (Å²) in [4.78, 5) is 13.6. The summed E-state index contributed by atoms with van der Waals surface area (Å²) in [5, 5.41) is 0. The van der Waals surface area contributed by atoms with Crippen molar-refractivity contribution < 1.29 is 4.79 Å². The minimum absolute atomic E-state index is 0.123. The van der Waals surface area contributed by atoms with Crippen molar-refractivity contribution in [1.82, 2.24) is 0 Å². The molecular formula is C23H28Cl2O. The van der Waals surface area contributed by atoms with Crippen LogP contribution in [0, 0.1) is 27.7 Å². The van der Waals surface area contributed by atoms with Crippen LogP contribution in [-0.4, -0.2) is 17.5 Å². The first-order valence-corrected chi connectivity index (χ1v) is 10.3. The van der Waals surface area contributed by atoms with Gasteiger partial charge in [-0.15, -0.1) is 23.2 Å². The van der Waals surface area contributed by atoms with Crippen molar-refractivity contribution >= 4 is 29.0 Å². The third kappa shape index (κ3) is 4.90. The first-order chi connectivity index (χ1) is 12.4. The van der Waals surface area contributed by atoms with E-state index in [0.29, 0.717) is 11.8 Å². The van der Waals surface area contributed by atoms with E-state index in [9.17, 15) is 4.79 Å². The van der Waals surface area contributed by atoms with Crippen molar-refractivity contribution in [2.24, 2.45) is 0 Å². The number of halogens is 2. The molecule has 0 unspecified atom stereocenters. The summed E-state index contributed by atoms with van der Waals surface area (Å²) in [5.41, 5.74) is 8.48. The third-order valence-corrected chi connectivity index (χ3v) is 5.38. The number of aryl methyl sites for hydroxylation is 4. The molecule has 2 aromatic rings. The molecule has 0 fully saturated rings. The second-order valence-electron chi connectivity index (χ2n) is 7.13. The first kappa shape index (κ1) is 21.0. The van der Waals surface area contributed by atoms with Gasteiger partial charge in [-0.1, -0.05) is 23.3 Å². The maximum absolute atomic E-state index is 13.6. The largest absolute Gasteiger partial charge is 0.289 e. The Bertz CT molecular complexity index is 728. The molecular weight excluding hydrogens is 363 g/mol. The van der Waals surface area contributed by atoms with Gasteiger partial charge in [0.25, 0.3) is 0 Å². The Morgan fingerprint density at radius 1 is 0.731 bits per heavy atom. The van der Waals surface area contributed by atoms with Crippen LogP contribution in [0.1, 0.15) is 62.1 Å². The Morgan fingerprint density at radius 3 is 1.46 bits per heavy atom. The monoisotopic (exact) mass is 390 g/mol. The number of benzene rings is 2. The van der Waals surface area contributed by atoms with E-state index in [-0.39, 0.29) is 5.78 Å². The van der Waals surface area contributed by atoms with E-state index < -0.39 is 0 Å². The Kier molecular flexibility index (Phi) is 7.73. The molecule has 0 heterocycles. The fourth-order valence-electron chi connectivity index (χ4n) is 3.70. The van der Waals surface area contributed by atoms with Crippen LogP contribution in [0.4, 0.5) is 0 Å². The number of carbonyl (C=O) groups excluding carboxylic acids is 1. The SMILES string of the molecule is Cc1cc(C)c(CCCCl)c(C(=O)c2cc(C)cc(C)c2CCCCl)c1. The maximum atomic E-state index is 13.6. The normalized spacial score (nSPS) is 11.0. The Morgan fingerprint density at radius 2 is 1.12 bits per heavy atom. The minimum Gasteiger partial charge on any atom is -0.289 e. The second kappa shape index (κ2) is 9.58. The molecule has 0 bridgehead atoms. The Hall–Kier alpha value is -1.31. The van der Waals surface area contributed by atoms with Gasteiger partial charge in [-0.2, -0.15) is 0 Å². The average Bonchev–Trinajstić information content (AvgIpc) is 2.58. The van der Waals surface area contributed by atoms with Crippen LogP contribution in [0.3, 0.4) is 0 Å². The van der Waals surface area contributed by atoms with E-state index in [1.165, 1.54) is 11.1 Å². The standard InChI is InChI=1S/C23H28Cl2O/c1-15-11-17(3)19(7-5-9-24)21(13-15)23(26)22-14-16(2)12-18(4)20(22)8-6-10-25/h11-14H,5-10H2,1-4H3. The molecule has 0 atom stereocenters. The van der Waals surface area contributed by atoms with Crippen molar-refractivity contribution in [2.45, 2.75) is 53.4 Å². The molecule has 2 rings (SSSR count). The van der Waals surface area contributed by atoms with Crippen molar-refractivity contribution in [2.75, 3.05) is 11.8 Å². The van der Waals surface area contributed by atoms with E-state index in [1.54, 1.807) is 0 Å². The highest BCUT2D eigenvalue weighted by molar-refractivity contribution is 6.18. The van der Waals surface area contributed by atoms with Gasteiger partial charge in [0.15, 0.2) is 5.78 Å². The molecule has 0 N–H and O–H groups in total. The summed E-state index contributed by atoms with van der Waals surface area (Å²) >= 11 is 11.8. The van der Waals surface area contributed by atoms with Gasteiger partial charge in [0.1, 0.15) is 0 Å². The van der Waals surface area contributed by atoms with Crippen molar-refractivity contribution in [1.29, 1.82) is 0 Å². The van der Waals surface area contributed by atoms with Crippen LogP contribution in [0.5, 0.6) is 0 Å². The van der Waals surface area contributed by atoms with Crippen molar-refractivity contribution in [3.63, 3.8) is 0 Å². The molecule has 0 radical (unpaired) electrons. The Balaban J connectivity index is 2.58. The number of carbonyl (C=O) groups is 1. The third-order valence-electron chi connectivity index (χ3n) is 4.84. The van der Waals surface area contributed by atoms with Crippen LogP contribution in [-0.2, 0) is 12.8 Å². The molecule has 0 aromatic heterocycles. The van der Waals surface area contributed by atoms with E-state index in [4.69, 9.17) is 23.2 Å². The summed E-state index contributed by atoms with van der Waals surface area (Å²) in [6, 6.07) is 8.36. The predicted molar refractivity (Wildman–Crippen MR) is 113 cm³/mol. The number of hydrogen-bond acceptors (Lipinski definition) is 1. The van der Waals surface area contributed by atoms with Crippen molar-refractivity contribution in [3.8, 4) is 0 Å². The van der Waals surface area contributed by atoms with E-state index in [1.807, 2.05) is 26.0 Å². The predicted octanol–water partition coefficient (Wildman–Crippen LogP) is 6.49. The topological polar surface area (TPSA) is 17.1 Å². The summed E-state index contributed by atoms with van der Waals surface area (Å²) in [6.07, 6.45) is 3.41. The van der Waals surface area contributed by atoms with Gasteiger partial charge >= 0.3 is 0 Å². The van der Waals surface area contributed by atoms with Gasteiger partial charge < -0.3 is 0 Å². The van der Waals surface area contributed by atoms with Gasteiger partial charge in [-0.05, 0) is 87.8 Å². The van der Waals surface area contributed by atoms with E-state index >= 15 is 0 Å². The zero-order valence-corrected chi connectivity index (χ0v) is 17.7. The van der Waals surface area contributed by atoms with Gasteiger partial charge in [0, 0.05) is 22.9 Å². The van der Waals surface area contributed by atoms with Crippen LogP contribution >= 0.6 is 23.2 Å². The molecule has 0 spiro atoms. The highest BCUT2D eigenvalue weighted by Gasteiger charge is 2.20. The minimum atomic E-state index is 0.123. The highest BCUT2D eigenvalue weighted by atomic mass is 35.5. The molecule has 1 nitrogen and oxygen atoms in total. The van der Waals surface area contributed by atoms with Crippen LogP contribution in [0.2, 0.25) is 0 Å². The van der Waals surface area contributed by atoms with Gasteiger partial charge in [0.2, 0.25) is 0 Å². The molecule has 140 valence electrons. The number of alkyl halides is 2. The Labute approximate surface area is 167 Å². The lowest BCUT2D eigenvalue weighted by Crippen LogP contribution is -2.12. The highest BCUT2D eigenvalue weighted by Crippen LogP contribution is 2.26. The van der Waals surface area contributed by atoms with E-state index in [2.05, 4.69) is 26.0 Å². The summed E-state index contributed by atoms with van der Waals surface area (Å²) in [7, 11) is 0. The molecule has 0 saturated heterocycles. The lowest BCUT2D eigenvalue weighted by atomic mass is 9.86. The average molecular weight is 391 g/mol. The van der Waals surface area contributed by atoms with Crippen molar-refractivity contribution in [3.05, 3.63) is 68.8 Å². The van der Waals surface area contributed by atoms with Gasteiger partial charge in [-0.3, -0.25) is 4.79 Å². The van der Waals surface area contributed by atoms with Gasteiger partial charge in [0.05, 0.1) is 0 Å². The number of ketones is 1. The molecule has 0 aliphatic heterocycles. The van der Waals surface area contributed by atoms with E-state index in [0.717, 1.165) is 59.1 Å². The number of rotatable bonds is 8. The quantitative estimate of drug-likeness (QED) is 0.371. The number of hydrogen-bond donors (Lipinski definition) is 0. The lowest BCUT2D eigenvalue weighted by Gasteiger charge is -2.17. The fraction of sp³-hybridized carbons (Fsp3) is 0.435. The first-order valence-electron chi connectivity index (χ1n) is 9.26. The zero-order chi connectivity index (χ0) is 19.3.